The van der Waals surface area contributed by atoms with Gasteiger partial charge in [-0.3, -0.25) is 4.79 Å². The van der Waals surface area contributed by atoms with Gasteiger partial charge < -0.3 is 10.1 Å². The van der Waals surface area contributed by atoms with Gasteiger partial charge in [0.15, 0.2) is 5.82 Å². The molecule has 0 fully saturated rings. The molecule has 0 bridgehead atoms. The third-order valence-electron chi connectivity index (χ3n) is 3.09. The fourth-order valence-corrected chi connectivity index (χ4v) is 2.61. The fourth-order valence-electron chi connectivity index (χ4n) is 1.99. The average Bonchev–Trinajstić information content (AvgIpc) is 3.16. The number of thioether (sulfide) groups is 1. The molecule has 11 heteroatoms. The zero-order chi connectivity index (χ0) is 19.3. The molecule has 0 aliphatic heterocycles. The Morgan fingerprint density at radius 1 is 1.15 bits per heavy atom. The van der Waals surface area contributed by atoms with Crippen LogP contribution in [0.25, 0.3) is 5.82 Å². The van der Waals surface area contributed by atoms with Crippen LogP contribution in [-0.4, -0.2) is 38.0 Å². The molecule has 27 heavy (non-hydrogen) atoms. The number of hydrogen-bond acceptors (Lipinski definition) is 6. The molecule has 0 saturated heterocycles. The minimum atomic E-state index is -4.75. The summed E-state index contributed by atoms with van der Waals surface area (Å²) in [6.45, 7) is 0. The Kier molecular flexibility index (Phi) is 5.60. The van der Waals surface area contributed by atoms with Gasteiger partial charge in [-0.15, -0.1) is 23.4 Å². The van der Waals surface area contributed by atoms with Crippen molar-refractivity contribution in [3.8, 4) is 11.6 Å². The van der Waals surface area contributed by atoms with E-state index in [0.717, 1.165) is 12.1 Å². The van der Waals surface area contributed by atoms with Gasteiger partial charge in [-0.2, -0.15) is 5.10 Å². The number of aromatic nitrogens is 4. The highest BCUT2D eigenvalue weighted by molar-refractivity contribution is 7.99. The van der Waals surface area contributed by atoms with Gasteiger partial charge >= 0.3 is 6.36 Å². The number of alkyl halides is 3. The summed E-state index contributed by atoms with van der Waals surface area (Å²) in [5.74, 6) is -0.0730. The number of nitrogens with one attached hydrogen (secondary N) is 1. The summed E-state index contributed by atoms with van der Waals surface area (Å²) in [5, 5.41) is 15.2. The summed E-state index contributed by atoms with van der Waals surface area (Å²) in [6, 6.07) is 10.1. The molecule has 7 nitrogen and oxygen atoms in total. The lowest BCUT2D eigenvalue weighted by molar-refractivity contribution is -0.274. The van der Waals surface area contributed by atoms with E-state index in [2.05, 4.69) is 25.3 Å². The van der Waals surface area contributed by atoms with E-state index >= 15 is 0 Å². The van der Waals surface area contributed by atoms with Gasteiger partial charge in [0.1, 0.15) is 10.8 Å². The lowest BCUT2D eigenvalue weighted by Crippen LogP contribution is -2.17. The summed E-state index contributed by atoms with van der Waals surface area (Å²) in [7, 11) is 0. The van der Waals surface area contributed by atoms with E-state index in [1.807, 2.05) is 0 Å². The van der Waals surface area contributed by atoms with Crippen molar-refractivity contribution >= 4 is 23.4 Å². The third kappa shape index (κ3) is 5.71. The molecule has 140 valence electrons. The highest BCUT2D eigenvalue weighted by Gasteiger charge is 2.30. The number of carbonyl (C=O) groups excluding carboxylic acids is 1. The average molecular weight is 395 g/mol. The number of halogens is 3. The Labute approximate surface area is 155 Å². The van der Waals surface area contributed by atoms with Crippen LogP contribution in [0, 0.1) is 0 Å². The minimum absolute atomic E-state index is 0.0661. The van der Waals surface area contributed by atoms with Crippen LogP contribution >= 0.6 is 11.8 Å². The first-order valence-electron chi connectivity index (χ1n) is 7.51. The molecular weight excluding hydrogens is 383 g/mol. The molecule has 0 unspecified atom stereocenters. The van der Waals surface area contributed by atoms with Crippen LogP contribution in [0.3, 0.4) is 0 Å². The maximum absolute atomic E-state index is 12.1. The van der Waals surface area contributed by atoms with E-state index in [0.29, 0.717) is 16.5 Å². The van der Waals surface area contributed by atoms with Crippen molar-refractivity contribution in [2.75, 3.05) is 11.1 Å². The normalized spacial score (nSPS) is 11.2. The Morgan fingerprint density at radius 2 is 1.93 bits per heavy atom. The van der Waals surface area contributed by atoms with Crippen LogP contribution in [-0.2, 0) is 4.79 Å². The van der Waals surface area contributed by atoms with E-state index in [1.54, 1.807) is 35.3 Å². The van der Waals surface area contributed by atoms with Crippen molar-refractivity contribution in [1.29, 1.82) is 0 Å². The second-order valence-electron chi connectivity index (χ2n) is 5.09. The van der Waals surface area contributed by atoms with Crippen LogP contribution in [0.15, 0.2) is 59.9 Å². The molecule has 1 N–H and O–H groups in total. The van der Waals surface area contributed by atoms with Gasteiger partial charge in [-0.1, -0.05) is 11.8 Å². The highest BCUT2D eigenvalue weighted by atomic mass is 32.2. The van der Waals surface area contributed by atoms with Crippen molar-refractivity contribution in [2.24, 2.45) is 0 Å². The smallest absolute Gasteiger partial charge is 0.406 e. The van der Waals surface area contributed by atoms with Crippen molar-refractivity contribution < 1.29 is 22.7 Å². The summed E-state index contributed by atoms with van der Waals surface area (Å²) >= 11 is 1.18. The lowest BCUT2D eigenvalue weighted by atomic mass is 10.3. The molecule has 3 rings (SSSR count). The standard InChI is InChI=1S/C16H12F3N5O2S/c17-16(18,19)26-12-4-2-11(3-5-12)21-14(25)10-27-15-7-6-13(22-23-15)24-9-1-8-20-24/h1-9H,10H2,(H,21,25). The van der Waals surface area contributed by atoms with Gasteiger partial charge in [0, 0.05) is 18.1 Å². The minimum Gasteiger partial charge on any atom is -0.406 e. The fraction of sp³-hybridized carbons (Fsp3) is 0.125. The quantitative estimate of drug-likeness (QED) is 0.645. The Morgan fingerprint density at radius 3 is 2.52 bits per heavy atom. The molecule has 2 aromatic heterocycles. The molecule has 0 radical (unpaired) electrons. The van der Waals surface area contributed by atoms with E-state index < -0.39 is 6.36 Å². The zero-order valence-electron chi connectivity index (χ0n) is 13.6. The highest BCUT2D eigenvalue weighted by Crippen LogP contribution is 2.24. The van der Waals surface area contributed by atoms with Gasteiger partial charge in [0.05, 0.1) is 5.75 Å². The van der Waals surface area contributed by atoms with Gasteiger partial charge in [0.25, 0.3) is 0 Å². The number of ether oxygens (including phenoxy) is 1. The number of anilines is 1. The molecular formula is C16H12F3N5O2S. The number of rotatable bonds is 6. The van der Waals surface area contributed by atoms with Crippen molar-refractivity contribution in [2.45, 2.75) is 11.4 Å². The molecule has 1 aromatic carbocycles. The summed E-state index contributed by atoms with van der Waals surface area (Å²) < 4.78 is 41.6. The van der Waals surface area contributed by atoms with Crippen molar-refractivity contribution in [3.05, 3.63) is 54.9 Å². The molecule has 0 atom stereocenters. The first-order valence-corrected chi connectivity index (χ1v) is 8.50. The lowest BCUT2D eigenvalue weighted by Gasteiger charge is -2.09. The number of benzene rings is 1. The van der Waals surface area contributed by atoms with Crippen molar-refractivity contribution in [3.63, 3.8) is 0 Å². The Hall–Kier alpha value is -3.08. The Balaban J connectivity index is 1.49. The van der Waals surface area contributed by atoms with Gasteiger partial charge in [0.2, 0.25) is 5.91 Å². The molecule has 0 aliphatic rings. The largest absolute Gasteiger partial charge is 0.573 e. The summed E-state index contributed by atoms with van der Waals surface area (Å²) in [4.78, 5) is 11.9. The Bertz CT molecular complexity index is 884. The second kappa shape index (κ2) is 8.08. The molecule has 0 saturated carbocycles. The molecule has 0 spiro atoms. The number of nitrogens with zero attached hydrogens (tertiary/aromatic N) is 4. The first-order chi connectivity index (χ1) is 12.9. The molecule has 3 aromatic rings. The molecule has 0 aliphatic carbocycles. The zero-order valence-corrected chi connectivity index (χ0v) is 14.4. The summed E-state index contributed by atoms with van der Waals surface area (Å²) in [6.07, 6.45) is -1.40. The van der Waals surface area contributed by atoms with Crippen molar-refractivity contribution in [1.82, 2.24) is 20.0 Å². The van der Waals surface area contributed by atoms with E-state index in [1.165, 1.54) is 23.9 Å². The number of hydrogen-bond donors (Lipinski definition) is 1. The van der Waals surface area contributed by atoms with E-state index in [9.17, 15) is 18.0 Å². The van der Waals surface area contributed by atoms with Gasteiger partial charge in [-0.05, 0) is 42.5 Å². The predicted octanol–water partition coefficient (Wildman–Crippen LogP) is 3.29. The predicted molar refractivity (Wildman–Crippen MR) is 91.6 cm³/mol. The maximum Gasteiger partial charge on any atom is 0.573 e. The number of amides is 1. The first kappa shape index (κ1) is 18.7. The van der Waals surface area contributed by atoms with Crippen LogP contribution in [0.5, 0.6) is 5.75 Å². The summed E-state index contributed by atoms with van der Waals surface area (Å²) in [5.41, 5.74) is 0.357. The molecule has 1 amide bonds. The third-order valence-corrected chi connectivity index (χ3v) is 4.01. The van der Waals surface area contributed by atoms with E-state index in [-0.39, 0.29) is 17.4 Å². The second-order valence-corrected chi connectivity index (χ2v) is 6.09. The maximum atomic E-state index is 12.1. The monoisotopic (exact) mass is 395 g/mol. The SMILES string of the molecule is O=C(CSc1ccc(-n2cccn2)nn1)Nc1ccc(OC(F)(F)F)cc1. The van der Waals surface area contributed by atoms with Gasteiger partial charge in [-0.25, -0.2) is 4.68 Å². The van der Waals surface area contributed by atoms with E-state index in [4.69, 9.17) is 0 Å². The molecule has 2 heterocycles. The van der Waals surface area contributed by atoms with Crippen LogP contribution in [0.4, 0.5) is 18.9 Å². The van der Waals surface area contributed by atoms with Crippen LogP contribution in [0.2, 0.25) is 0 Å². The number of carbonyl (C=O) groups is 1. The topological polar surface area (TPSA) is 81.9 Å². The van der Waals surface area contributed by atoms with Crippen LogP contribution < -0.4 is 10.1 Å². The van der Waals surface area contributed by atoms with Crippen LogP contribution in [0.1, 0.15) is 0 Å².